The Morgan fingerprint density at radius 3 is 2.62 bits per heavy atom. The predicted molar refractivity (Wildman–Crippen MR) is 97.9 cm³/mol. The number of halogens is 1. The molecule has 2 aromatic heterocycles. The standard InChI is InChI=1S/C16H25N5O2.ClH/c1-5-6-17-7-8-18-13(22)9-12-10(2)14-15(19-11(12)3)21(4)20-16(14)23;/h17H,5-9H2,1-4H3,(H,18,22)(H,20,23);1H. The van der Waals surface area contributed by atoms with E-state index in [1.807, 2.05) is 13.8 Å². The van der Waals surface area contributed by atoms with Crippen LogP contribution in [0.1, 0.15) is 30.2 Å². The van der Waals surface area contributed by atoms with Gasteiger partial charge in [-0.1, -0.05) is 6.92 Å². The molecule has 2 heterocycles. The first kappa shape index (κ1) is 20.2. The molecule has 0 aliphatic carbocycles. The molecule has 2 aromatic rings. The highest BCUT2D eigenvalue weighted by molar-refractivity contribution is 5.85. The summed E-state index contributed by atoms with van der Waals surface area (Å²) in [4.78, 5) is 28.6. The fourth-order valence-electron chi connectivity index (χ4n) is 2.72. The first-order chi connectivity index (χ1) is 11.0. The van der Waals surface area contributed by atoms with Crippen molar-refractivity contribution in [3.05, 3.63) is 27.2 Å². The van der Waals surface area contributed by atoms with Crippen LogP contribution in [-0.4, -0.2) is 40.3 Å². The lowest BCUT2D eigenvalue weighted by Gasteiger charge is -2.11. The number of fused-ring (bicyclic) bond motifs is 1. The van der Waals surface area contributed by atoms with E-state index in [9.17, 15) is 9.59 Å². The molecule has 0 fully saturated rings. The Kier molecular flexibility index (Phi) is 7.44. The maximum Gasteiger partial charge on any atom is 0.273 e. The fourth-order valence-corrected chi connectivity index (χ4v) is 2.72. The van der Waals surface area contributed by atoms with Gasteiger partial charge in [-0.2, -0.15) is 0 Å². The smallest absolute Gasteiger partial charge is 0.273 e. The second-order valence-corrected chi connectivity index (χ2v) is 5.78. The summed E-state index contributed by atoms with van der Waals surface area (Å²) in [6, 6.07) is 0. The fraction of sp³-hybridized carbons (Fsp3) is 0.562. The highest BCUT2D eigenvalue weighted by Gasteiger charge is 2.17. The number of pyridine rings is 1. The van der Waals surface area contributed by atoms with Crippen molar-refractivity contribution >= 4 is 29.3 Å². The molecule has 0 saturated heterocycles. The van der Waals surface area contributed by atoms with Crippen LogP contribution in [0.3, 0.4) is 0 Å². The van der Waals surface area contributed by atoms with E-state index in [0.717, 1.165) is 36.3 Å². The number of H-pyrrole nitrogens is 1. The van der Waals surface area contributed by atoms with Crippen LogP contribution >= 0.6 is 12.4 Å². The second kappa shape index (κ2) is 8.84. The average molecular weight is 356 g/mol. The maximum atomic E-state index is 12.1. The quantitative estimate of drug-likeness (QED) is 0.645. The molecule has 0 bridgehead atoms. The zero-order valence-electron chi connectivity index (χ0n) is 14.7. The van der Waals surface area contributed by atoms with Crippen LogP contribution in [-0.2, 0) is 18.3 Å². The van der Waals surface area contributed by atoms with Gasteiger partial charge in [0, 0.05) is 25.8 Å². The Morgan fingerprint density at radius 1 is 1.25 bits per heavy atom. The first-order valence-electron chi connectivity index (χ1n) is 7.97. The second-order valence-electron chi connectivity index (χ2n) is 5.78. The van der Waals surface area contributed by atoms with Crippen molar-refractivity contribution in [3.8, 4) is 0 Å². The first-order valence-corrected chi connectivity index (χ1v) is 7.97. The van der Waals surface area contributed by atoms with Crippen LogP contribution in [0.2, 0.25) is 0 Å². The van der Waals surface area contributed by atoms with Gasteiger partial charge in [0.1, 0.15) is 0 Å². The molecule has 1 amide bonds. The summed E-state index contributed by atoms with van der Waals surface area (Å²) in [6.07, 6.45) is 1.31. The summed E-state index contributed by atoms with van der Waals surface area (Å²) in [5, 5.41) is 9.40. The summed E-state index contributed by atoms with van der Waals surface area (Å²) in [7, 11) is 1.76. The van der Waals surface area contributed by atoms with Gasteiger partial charge >= 0.3 is 0 Å². The van der Waals surface area contributed by atoms with Crippen molar-refractivity contribution in [1.29, 1.82) is 0 Å². The molecule has 7 nitrogen and oxygen atoms in total. The molecule has 8 heteroatoms. The number of amides is 1. The minimum absolute atomic E-state index is 0. The normalized spacial score (nSPS) is 10.7. The monoisotopic (exact) mass is 355 g/mol. The highest BCUT2D eigenvalue weighted by Crippen LogP contribution is 2.20. The van der Waals surface area contributed by atoms with Gasteiger partial charge in [-0.05, 0) is 37.9 Å². The molecule has 0 radical (unpaired) electrons. The minimum atomic E-state index is -0.169. The lowest BCUT2D eigenvalue weighted by Crippen LogP contribution is -2.33. The molecule has 0 aliphatic heterocycles. The molecule has 134 valence electrons. The summed E-state index contributed by atoms with van der Waals surface area (Å²) >= 11 is 0. The molecule has 0 aliphatic rings. The lowest BCUT2D eigenvalue weighted by molar-refractivity contribution is -0.120. The number of carbonyl (C=O) groups is 1. The van der Waals surface area contributed by atoms with Gasteiger partial charge in [0.15, 0.2) is 5.65 Å². The van der Waals surface area contributed by atoms with E-state index in [2.05, 4.69) is 27.6 Å². The van der Waals surface area contributed by atoms with E-state index >= 15 is 0 Å². The van der Waals surface area contributed by atoms with Crippen molar-refractivity contribution < 1.29 is 4.79 Å². The van der Waals surface area contributed by atoms with Crippen molar-refractivity contribution in [2.45, 2.75) is 33.6 Å². The van der Waals surface area contributed by atoms with Crippen LogP contribution in [0.4, 0.5) is 0 Å². The number of nitrogens with zero attached hydrogens (tertiary/aromatic N) is 2. The zero-order chi connectivity index (χ0) is 17.0. The third-order valence-corrected chi connectivity index (χ3v) is 3.96. The van der Waals surface area contributed by atoms with E-state index in [0.29, 0.717) is 17.6 Å². The molecular formula is C16H26ClN5O2. The number of aromatic amines is 1. The van der Waals surface area contributed by atoms with Gasteiger partial charge in [-0.3, -0.25) is 19.4 Å². The summed E-state index contributed by atoms with van der Waals surface area (Å²) in [6.45, 7) is 8.15. The number of nitrogens with one attached hydrogen (secondary N) is 3. The molecule has 0 atom stereocenters. The number of hydrogen-bond acceptors (Lipinski definition) is 4. The SMILES string of the molecule is CCCNCCNC(=O)Cc1c(C)nc2c(c1C)c(=O)[nH]n2C.Cl. The number of rotatable bonds is 7. The molecule has 0 spiro atoms. The minimum Gasteiger partial charge on any atom is -0.355 e. The molecule has 3 N–H and O–H groups in total. The van der Waals surface area contributed by atoms with Crippen LogP contribution in [0.25, 0.3) is 11.0 Å². The maximum absolute atomic E-state index is 12.1. The van der Waals surface area contributed by atoms with Gasteiger partial charge in [0.2, 0.25) is 5.91 Å². The zero-order valence-corrected chi connectivity index (χ0v) is 15.5. The Bertz CT molecular complexity index is 766. The van der Waals surface area contributed by atoms with Crippen molar-refractivity contribution in [2.24, 2.45) is 7.05 Å². The number of aromatic nitrogens is 3. The third kappa shape index (κ3) is 4.36. The summed E-state index contributed by atoms with van der Waals surface area (Å²) in [5.74, 6) is -0.0528. The van der Waals surface area contributed by atoms with E-state index in [-0.39, 0.29) is 30.3 Å². The average Bonchev–Trinajstić information content (AvgIpc) is 2.77. The van der Waals surface area contributed by atoms with E-state index in [1.54, 1.807) is 11.7 Å². The van der Waals surface area contributed by atoms with Crippen LogP contribution < -0.4 is 16.2 Å². The van der Waals surface area contributed by atoms with E-state index in [4.69, 9.17) is 0 Å². The van der Waals surface area contributed by atoms with Gasteiger partial charge in [-0.15, -0.1) is 12.4 Å². The van der Waals surface area contributed by atoms with Crippen LogP contribution in [0.5, 0.6) is 0 Å². The van der Waals surface area contributed by atoms with Gasteiger partial charge in [-0.25, -0.2) is 4.98 Å². The lowest BCUT2D eigenvalue weighted by atomic mass is 10.0. The number of hydrogen-bond donors (Lipinski definition) is 3. The topological polar surface area (TPSA) is 91.8 Å². The van der Waals surface area contributed by atoms with Gasteiger partial charge in [0.25, 0.3) is 5.56 Å². The van der Waals surface area contributed by atoms with Gasteiger partial charge < -0.3 is 10.6 Å². The molecular weight excluding hydrogens is 330 g/mol. The molecule has 24 heavy (non-hydrogen) atoms. The Morgan fingerprint density at radius 2 is 1.96 bits per heavy atom. The third-order valence-electron chi connectivity index (χ3n) is 3.96. The molecule has 0 aromatic carbocycles. The molecule has 0 unspecified atom stereocenters. The molecule has 0 saturated carbocycles. The number of aryl methyl sites for hydroxylation is 3. The Labute approximate surface area is 147 Å². The van der Waals surface area contributed by atoms with E-state index < -0.39 is 0 Å². The van der Waals surface area contributed by atoms with Crippen molar-refractivity contribution in [2.75, 3.05) is 19.6 Å². The summed E-state index contributed by atoms with van der Waals surface area (Å²) < 4.78 is 1.61. The van der Waals surface area contributed by atoms with E-state index in [1.165, 1.54) is 0 Å². The van der Waals surface area contributed by atoms with Gasteiger partial charge in [0.05, 0.1) is 11.8 Å². The largest absolute Gasteiger partial charge is 0.355 e. The predicted octanol–water partition coefficient (Wildman–Crippen LogP) is 0.959. The molecule has 2 rings (SSSR count). The number of carbonyl (C=O) groups excluding carboxylic acids is 1. The Balaban J connectivity index is 0.00000288. The van der Waals surface area contributed by atoms with Crippen LogP contribution in [0, 0.1) is 13.8 Å². The van der Waals surface area contributed by atoms with Crippen molar-refractivity contribution in [3.63, 3.8) is 0 Å². The van der Waals surface area contributed by atoms with Crippen LogP contribution in [0.15, 0.2) is 4.79 Å². The van der Waals surface area contributed by atoms with Crippen molar-refractivity contribution in [1.82, 2.24) is 25.4 Å². The Hall–Kier alpha value is -1.86. The summed E-state index contributed by atoms with van der Waals surface area (Å²) in [5.41, 5.74) is 2.89. The highest BCUT2D eigenvalue weighted by atomic mass is 35.5.